The summed E-state index contributed by atoms with van der Waals surface area (Å²) in [4.78, 5) is 69.9. The first-order chi connectivity index (χ1) is 47.8. The first-order valence-corrected chi connectivity index (χ1v) is 38.3. The second kappa shape index (κ2) is 41.6. The van der Waals surface area contributed by atoms with Crippen LogP contribution in [0.2, 0.25) is 0 Å². The number of carboxylic acids is 3. The van der Waals surface area contributed by atoms with Crippen molar-refractivity contribution in [3.05, 3.63) is 88.0 Å². The molecule has 3 aromatic carbocycles. The molecular weight excluding hydrogens is 1260 g/mol. The van der Waals surface area contributed by atoms with Crippen molar-refractivity contribution in [2.75, 3.05) is 19.8 Å². The summed E-state index contributed by atoms with van der Waals surface area (Å²) in [7, 11) is 0. The fourth-order valence-corrected chi connectivity index (χ4v) is 17.3. The molecule has 0 amide bonds. The molecule has 0 heterocycles. The molecule has 0 unspecified atom stereocenters. The summed E-state index contributed by atoms with van der Waals surface area (Å²) in [6.07, 6.45) is 27.5. The molecule has 3 aromatic rings. The number of hydrogen-bond donors (Lipinski definition) is 6. The third-order valence-corrected chi connectivity index (χ3v) is 22.3. The molecule has 15 atom stereocenters. The van der Waals surface area contributed by atoms with Crippen LogP contribution in [0.3, 0.4) is 0 Å². The second-order valence-electron chi connectivity index (χ2n) is 29.4. The fraction of sp³-hybridized carbons (Fsp3) is 0.704. The molecule has 9 rings (SSSR count). The number of carbonyl (C=O) groups excluding carboxylic acids is 3. The largest absolute Gasteiger partial charge is 0.482 e. The smallest absolute Gasteiger partial charge is 0.341 e. The second-order valence-corrected chi connectivity index (χ2v) is 29.4. The molecular formula is C81H120O18. The molecule has 18 nitrogen and oxygen atoms in total. The highest BCUT2D eigenvalue weighted by molar-refractivity contribution is 5.71. The number of unbranched alkanes of at least 4 members (excludes halogenated alkanes) is 7. The van der Waals surface area contributed by atoms with Crippen LogP contribution in [0.25, 0.3) is 0 Å². The van der Waals surface area contributed by atoms with Crippen molar-refractivity contribution in [2.24, 2.45) is 53.3 Å². The minimum Gasteiger partial charge on any atom is -0.482 e. The number of aliphatic hydroxyl groups excluding tert-OH is 3. The van der Waals surface area contributed by atoms with Gasteiger partial charge >= 0.3 is 35.8 Å². The third kappa shape index (κ3) is 24.5. The number of hydrogen-bond acceptors (Lipinski definition) is 15. The minimum atomic E-state index is -0.985. The van der Waals surface area contributed by atoms with Gasteiger partial charge in [-0.05, 0) is 233 Å². The quantitative estimate of drug-likeness (QED) is 0.0176. The minimum absolute atomic E-state index is 0.109. The van der Waals surface area contributed by atoms with E-state index >= 15 is 0 Å². The highest BCUT2D eigenvalue weighted by Crippen LogP contribution is 2.53. The summed E-state index contributed by atoms with van der Waals surface area (Å²) in [5, 5.41) is 58.5. The lowest BCUT2D eigenvalue weighted by Crippen LogP contribution is -2.29. The molecule has 6 N–H and O–H groups in total. The molecule has 3 fully saturated rings. The van der Waals surface area contributed by atoms with Gasteiger partial charge in [-0.2, -0.15) is 0 Å². The van der Waals surface area contributed by atoms with E-state index in [1.165, 1.54) is 16.7 Å². The zero-order valence-corrected chi connectivity index (χ0v) is 60.4. The Morgan fingerprint density at radius 2 is 0.697 bits per heavy atom. The van der Waals surface area contributed by atoms with E-state index in [9.17, 15) is 44.1 Å². The zero-order chi connectivity index (χ0) is 71.4. The Bertz CT molecular complexity index is 3000. The Labute approximate surface area is 589 Å². The number of carbonyl (C=O) groups is 6. The van der Waals surface area contributed by atoms with Crippen LogP contribution < -0.4 is 14.2 Å². The summed E-state index contributed by atoms with van der Waals surface area (Å²) < 4.78 is 34.6. The van der Waals surface area contributed by atoms with Crippen molar-refractivity contribution < 1.29 is 87.8 Å². The zero-order valence-electron chi connectivity index (χ0n) is 60.4. The van der Waals surface area contributed by atoms with Gasteiger partial charge in [-0.3, -0.25) is 14.4 Å². The summed E-state index contributed by atoms with van der Waals surface area (Å²) in [5.41, 5.74) is 6.89. The average molecular weight is 1380 g/mol. The van der Waals surface area contributed by atoms with Crippen molar-refractivity contribution >= 4 is 35.8 Å². The third-order valence-electron chi connectivity index (χ3n) is 22.3. The number of rotatable bonds is 39. The van der Waals surface area contributed by atoms with Crippen molar-refractivity contribution in [3.8, 4) is 17.2 Å². The Morgan fingerprint density at radius 1 is 0.384 bits per heavy atom. The first kappa shape index (κ1) is 80.1. The average Bonchev–Trinajstić information content (AvgIpc) is 1.67. The lowest BCUT2D eigenvalue weighted by molar-refractivity contribution is -0.152. The predicted octanol–water partition coefficient (Wildman–Crippen LogP) is 14.8. The molecule has 0 bridgehead atoms. The van der Waals surface area contributed by atoms with Crippen molar-refractivity contribution in [1.82, 2.24) is 0 Å². The molecule has 3 saturated carbocycles. The van der Waals surface area contributed by atoms with Crippen LogP contribution in [0.5, 0.6) is 17.2 Å². The number of esters is 3. The number of ether oxygens (including phenoxy) is 6. The predicted molar refractivity (Wildman–Crippen MR) is 379 cm³/mol. The van der Waals surface area contributed by atoms with Crippen LogP contribution in [0.1, 0.15) is 248 Å². The van der Waals surface area contributed by atoms with Crippen LogP contribution in [0.4, 0.5) is 0 Å². The van der Waals surface area contributed by atoms with Gasteiger partial charge < -0.3 is 59.1 Å². The molecule has 6 aliphatic carbocycles. The van der Waals surface area contributed by atoms with E-state index in [1.807, 2.05) is 50.2 Å². The van der Waals surface area contributed by atoms with Crippen LogP contribution in [-0.4, -0.2) is 123 Å². The van der Waals surface area contributed by atoms with Gasteiger partial charge in [0, 0.05) is 19.3 Å². The monoisotopic (exact) mass is 1380 g/mol. The van der Waals surface area contributed by atoms with Crippen molar-refractivity contribution in [1.29, 1.82) is 0 Å². The van der Waals surface area contributed by atoms with Gasteiger partial charge in [0.05, 0.1) is 18.3 Å². The van der Waals surface area contributed by atoms with E-state index in [0.717, 1.165) is 209 Å². The van der Waals surface area contributed by atoms with Crippen LogP contribution in [0, 0.1) is 53.3 Å². The van der Waals surface area contributed by atoms with Gasteiger partial charge in [0.2, 0.25) is 0 Å². The van der Waals surface area contributed by atoms with Gasteiger partial charge in [0.15, 0.2) is 19.8 Å². The summed E-state index contributed by atoms with van der Waals surface area (Å²) >= 11 is 0. The van der Waals surface area contributed by atoms with E-state index in [2.05, 4.69) is 45.9 Å². The van der Waals surface area contributed by atoms with Gasteiger partial charge in [-0.25, -0.2) is 14.4 Å². The lowest BCUT2D eigenvalue weighted by Gasteiger charge is -2.32. The number of benzene rings is 3. The molecule has 0 saturated heterocycles. The highest BCUT2D eigenvalue weighted by Gasteiger charge is 2.50. The molecule has 0 radical (unpaired) electrons. The maximum absolute atomic E-state index is 12.5. The molecule has 0 spiro atoms. The molecule has 0 aromatic heterocycles. The Kier molecular flexibility index (Phi) is 33.7. The molecule has 18 heteroatoms. The van der Waals surface area contributed by atoms with E-state index in [1.54, 1.807) is 0 Å². The fourth-order valence-electron chi connectivity index (χ4n) is 17.3. The van der Waals surface area contributed by atoms with Crippen molar-refractivity contribution in [3.63, 3.8) is 0 Å². The molecule has 99 heavy (non-hydrogen) atoms. The van der Waals surface area contributed by atoms with Gasteiger partial charge in [0.1, 0.15) is 35.6 Å². The number of fused-ring (bicyclic) bond motifs is 6. The van der Waals surface area contributed by atoms with Gasteiger partial charge in [-0.15, -0.1) is 0 Å². The normalized spacial score (nSPS) is 24.6. The number of aliphatic hydroxyl groups is 3. The number of aliphatic carboxylic acids is 3. The summed E-state index contributed by atoms with van der Waals surface area (Å²) in [5.74, 6) is 1.65. The van der Waals surface area contributed by atoms with E-state index < -0.39 is 17.9 Å². The van der Waals surface area contributed by atoms with E-state index in [4.69, 9.17) is 43.7 Å². The topological polar surface area (TPSA) is 279 Å². The lowest BCUT2D eigenvalue weighted by atomic mass is 9.73. The standard InChI is InChI=1S/C28H42O6.C27H40O6.C26H38O6/c1-3-5-7-10-21(29)13-14-22-23-15-19-9-8-11-25(33-18-27(30)31)24(19)16-20(23)17-26(22)34-28(32)12-6-4-2;1-3-5-6-10-20(28)12-13-21-22-14-18-9-7-11-24(32-17-26(29)30)23(18)15-19(22)16-25(21)33-27(31)8-4-2;1-3-5-6-9-19(27)11-12-20-21-13-17-8-7-10-23(31-16-25(28)29)22(17)14-18(21)15-24(20)32-26(30)4-2/h8-9,11,20-23,26,29H,3-7,10,12-18H2,1-2H3,(H,30,31);7,9,11,19-22,25,28H,3-6,8,10,12-17H2,1-2H3,(H,29,30);7-8,10,18-21,24,27H,3-6,9,11-16H2,1-2H3,(H,28,29)/t20-,21-,22+,23-,26+;19-,20-,21+,22-,25+;18-,19-,20+,21-,24+/m000/s1. The van der Waals surface area contributed by atoms with E-state index in [0.29, 0.717) is 72.0 Å². The Hall–Kier alpha value is -6.24. The summed E-state index contributed by atoms with van der Waals surface area (Å²) in [6.45, 7) is 11.3. The Morgan fingerprint density at radius 3 is 0.990 bits per heavy atom. The van der Waals surface area contributed by atoms with Crippen molar-refractivity contribution in [2.45, 2.75) is 290 Å². The van der Waals surface area contributed by atoms with Gasteiger partial charge in [0.25, 0.3) is 0 Å². The van der Waals surface area contributed by atoms with Crippen LogP contribution in [0.15, 0.2) is 54.6 Å². The summed E-state index contributed by atoms with van der Waals surface area (Å²) in [6, 6.07) is 17.6. The highest BCUT2D eigenvalue weighted by atomic mass is 16.6. The molecule has 0 aliphatic heterocycles. The first-order valence-electron chi connectivity index (χ1n) is 38.3. The Balaban J connectivity index is 0.000000209. The SMILES string of the molecule is CCCCC[C@H](O)CC[C@@H]1[C@H]2Cc3cccc(OCC(=O)O)c3C[C@H]2C[C@H]1OC(=O)CC.CCCCC[C@H](O)CC[C@@H]1[C@H]2Cc3cccc(OCC(=O)O)c3C[C@H]2C[C@H]1OC(=O)CCC.CCCCC[C@H](O)CC[C@@H]1[C@H]2Cc3cccc(OCC(=O)O)c3C[C@H]2C[C@H]1OC(=O)CCCC. The molecule has 552 valence electrons. The van der Waals surface area contributed by atoms with Gasteiger partial charge in [-0.1, -0.05) is 142 Å². The van der Waals surface area contributed by atoms with Crippen LogP contribution >= 0.6 is 0 Å². The van der Waals surface area contributed by atoms with Crippen LogP contribution in [-0.2, 0) is 81.5 Å². The molecule has 6 aliphatic rings. The maximum atomic E-state index is 12.5. The maximum Gasteiger partial charge on any atom is 0.341 e. The number of carboxylic acid groups (broad SMARTS) is 3. The van der Waals surface area contributed by atoms with E-state index in [-0.39, 0.29) is 92.1 Å².